The number of hydrogen-bond donors (Lipinski definition) is 1. The molecule has 0 aromatic carbocycles. The van der Waals surface area contributed by atoms with Gasteiger partial charge in [0.05, 0.1) is 0 Å². The lowest BCUT2D eigenvalue weighted by Gasteiger charge is -2.00. The summed E-state index contributed by atoms with van der Waals surface area (Å²) in [6, 6.07) is 0. The van der Waals surface area contributed by atoms with Crippen LogP contribution in [-0.2, 0) is 0 Å². The highest BCUT2D eigenvalue weighted by Crippen LogP contribution is 2.69. The summed E-state index contributed by atoms with van der Waals surface area (Å²) in [4.78, 5) is 0. The van der Waals surface area contributed by atoms with Gasteiger partial charge in [-0.1, -0.05) is 6.92 Å². The third-order valence-corrected chi connectivity index (χ3v) is 5.78. The van der Waals surface area contributed by atoms with Crippen molar-refractivity contribution in [3.05, 3.63) is 0 Å². The zero-order valence-electron chi connectivity index (χ0n) is 10.3. The Kier molecular flexibility index (Phi) is 1.88. The van der Waals surface area contributed by atoms with Crippen LogP contribution in [0.25, 0.3) is 0 Å². The highest BCUT2D eigenvalue weighted by molar-refractivity contribution is 5.86. The van der Waals surface area contributed by atoms with E-state index in [-0.39, 0.29) is 0 Å². The normalized spacial score (nSPS) is 53.6. The molecule has 88 valence electrons. The van der Waals surface area contributed by atoms with Gasteiger partial charge in [-0.3, -0.25) is 0 Å². The first-order valence-electron chi connectivity index (χ1n) is 7.37. The highest BCUT2D eigenvalue weighted by atomic mass is 14.7. The van der Waals surface area contributed by atoms with Gasteiger partial charge in [0, 0.05) is 5.71 Å². The quantitative estimate of drug-likeness (QED) is 0.678. The lowest BCUT2D eigenvalue weighted by Crippen LogP contribution is -2.01. The summed E-state index contributed by atoms with van der Waals surface area (Å²) in [5.41, 5.74) is 1.05. The highest BCUT2D eigenvalue weighted by Gasteiger charge is 2.62. The van der Waals surface area contributed by atoms with Crippen LogP contribution in [0.3, 0.4) is 0 Å². The van der Waals surface area contributed by atoms with Crippen molar-refractivity contribution in [3.63, 3.8) is 0 Å². The minimum absolute atomic E-state index is 0.720. The van der Waals surface area contributed by atoms with E-state index in [2.05, 4.69) is 6.92 Å². The molecule has 0 aliphatic heterocycles. The zero-order valence-corrected chi connectivity index (χ0v) is 10.3. The van der Waals surface area contributed by atoms with Gasteiger partial charge in [0.1, 0.15) is 0 Å². The molecule has 0 spiro atoms. The minimum Gasteiger partial charge on any atom is -0.309 e. The monoisotopic (exact) mass is 217 g/mol. The SMILES string of the molecule is CCC(=N)C1CC1C1CC1C1CC1C1CC1. The largest absolute Gasteiger partial charge is 0.309 e. The van der Waals surface area contributed by atoms with Crippen LogP contribution in [0.2, 0.25) is 0 Å². The van der Waals surface area contributed by atoms with Crippen LogP contribution >= 0.6 is 0 Å². The van der Waals surface area contributed by atoms with E-state index in [0.29, 0.717) is 0 Å². The fourth-order valence-corrected chi connectivity index (χ4v) is 4.37. The van der Waals surface area contributed by atoms with Crippen LogP contribution in [0, 0.1) is 46.8 Å². The Balaban J connectivity index is 1.29. The van der Waals surface area contributed by atoms with E-state index in [9.17, 15) is 0 Å². The van der Waals surface area contributed by atoms with Crippen molar-refractivity contribution in [2.45, 2.75) is 45.4 Å². The summed E-state index contributed by atoms with van der Waals surface area (Å²) >= 11 is 0. The zero-order chi connectivity index (χ0) is 10.9. The summed E-state index contributed by atoms with van der Waals surface area (Å²) in [6.45, 7) is 2.14. The fraction of sp³-hybridized carbons (Fsp3) is 0.933. The van der Waals surface area contributed by atoms with Gasteiger partial charge in [-0.05, 0) is 80.0 Å². The van der Waals surface area contributed by atoms with Gasteiger partial charge in [0.15, 0.2) is 0 Å². The topological polar surface area (TPSA) is 23.9 Å². The molecular weight excluding hydrogens is 194 g/mol. The van der Waals surface area contributed by atoms with Crippen molar-refractivity contribution in [1.82, 2.24) is 0 Å². The Hall–Kier alpha value is -0.330. The first-order valence-corrected chi connectivity index (χ1v) is 7.37. The third kappa shape index (κ3) is 1.47. The summed E-state index contributed by atoms with van der Waals surface area (Å²) < 4.78 is 0. The molecule has 0 bridgehead atoms. The maximum absolute atomic E-state index is 7.91. The molecule has 0 amide bonds. The van der Waals surface area contributed by atoms with Crippen LogP contribution < -0.4 is 0 Å². The standard InChI is InChI=1S/C15H23N/c1-2-15(16)14-7-13(14)12-6-11(12)10-5-9(10)8-3-4-8/h8-14,16H,2-7H2,1H3. The predicted molar refractivity (Wildman–Crippen MR) is 65.5 cm³/mol. The third-order valence-electron chi connectivity index (χ3n) is 5.78. The lowest BCUT2D eigenvalue weighted by molar-refractivity contribution is 0.516. The van der Waals surface area contributed by atoms with Crippen molar-refractivity contribution in [2.24, 2.45) is 41.4 Å². The van der Waals surface area contributed by atoms with Gasteiger partial charge in [0.2, 0.25) is 0 Å². The Bertz CT molecular complexity index is 330. The minimum atomic E-state index is 0.720. The molecule has 0 aromatic rings. The summed E-state index contributed by atoms with van der Waals surface area (Å²) in [5, 5.41) is 7.91. The second kappa shape index (κ2) is 3.11. The van der Waals surface area contributed by atoms with E-state index in [4.69, 9.17) is 5.41 Å². The summed E-state index contributed by atoms with van der Waals surface area (Å²) in [5.74, 6) is 7.33. The van der Waals surface area contributed by atoms with Crippen molar-refractivity contribution in [2.75, 3.05) is 0 Å². The average Bonchev–Trinajstić information content (AvgIpc) is 3.11. The van der Waals surface area contributed by atoms with Crippen LogP contribution in [0.1, 0.15) is 45.4 Å². The van der Waals surface area contributed by atoms with Gasteiger partial charge < -0.3 is 5.41 Å². The molecule has 0 heterocycles. The Morgan fingerprint density at radius 2 is 1.56 bits per heavy atom. The molecule has 4 aliphatic carbocycles. The van der Waals surface area contributed by atoms with Gasteiger partial charge in [-0.15, -0.1) is 0 Å². The van der Waals surface area contributed by atoms with E-state index < -0.39 is 0 Å². The maximum atomic E-state index is 7.91. The Morgan fingerprint density at radius 3 is 2.25 bits per heavy atom. The fourth-order valence-electron chi connectivity index (χ4n) is 4.37. The first-order chi connectivity index (χ1) is 7.79. The molecule has 6 atom stereocenters. The molecule has 1 N–H and O–H groups in total. The molecule has 0 radical (unpaired) electrons. The second-order valence-corrected chi connectivity index (χ2v) is 6.85. The molecule has 6 unspecified atom stereocenters. The molecule has 4 saturated carbocycles. The number of rotatable bonds is 5. The van der Waals surface area contributed by atoms with Crippen LogP contribution in [0.4, 0.5) is 0 Å². The predicted octanol–water partition coefficient (Wildman–Crippen LogP) is 3.73. The van der Waals surface area contributed by atoms with E-state index in [1.165, 1.54) is 12.8 Å². The van der Waals surface area contributed by atoms with Crippen LogP contribution in [0.15, 0.2) is 0 Å². The van der Waals surface area contributed by atoms with Gasteiger partial charge in [-0.2, -0.15) is 0 Å². The molecular formula is C15H23N. The Labute approximate surface area is 98.5 Å². The Morgan fingerprint density at radius 1 is 0.938 bits per heavy atom. The molecule has 16 heavy (non-hydrogen) atoms. The molecule has 4 aliphatic rings. The number of nitrogens with one attached hydrogen (secondary N) is 1. The van der Waals surface area contributed by atoms with Crippen molar-refractivity contribution < 1.29 is 0 Å². The van der Waals surface area contributed by atoms with Crippen molar-refractivity contribution in [1.29, 1.82) is 5.41 Å². The smallest absolute Gasteiger partial charge is 0.0120 e. The molecule has 4 fully saturated rings. The van der Waals surface area contributed by atoms with E-state index in [1.54, 1.807) is 19.3 Å². The second-order valence-electron chi connectivity index (χ2n) is 6.85. The van der Waals surface area contributed by atoms with Crippen molar-refractivity contribution in [3.8, 4) is 0 Å². The lowest BCUT2D eigenvalue weighted by atomic mass is 10.1. The van der Waals surface area contributed by atoms with Crippen LogP contribution in [-0.4, -0.2) is 5.71 Å². The van der Waals surface area contributed by atoms with Gasteiger partial charge in [0.25, 0.3) is 0 Å². The van der Waals surface area contributed by atoms with Gasteiger partial charge >= 0.3 is 0 Å². The van der Waals surface area contributed by atoms with E-state index >= 15 is 0 Å². The molecule has 4 rings (SSSR count). The summed E-state index contributed by atoms with van der Waals surface area (Å²) in [7, 11) is 0. The number of hydrogen-bond acceptors (Lipinski definition) is 1. The molecule has 1 heteroatoms. The molecule has 0 saturated heterocycles. The molecule has 1 nitrogen and oxygen atoms in total. The van der Waals surface area contributed by atoms with E-state index in [1.807, 2.05) is 0 Å². The summed E-state index contributed by atoms with van der Waals surface area (Å²) in [6.07, 6.45) is 8.57. The van der Waals surface area contributed by atoms with Crippen molar-refractivity contribution >= 4 is 5.71 Å². The average molecular weight is 217 g/mol. The van der Waals surface area contributed by atoms with Crippen LogP contribution in [0.5, 0.6) is 0 Å². The molecule has 0 aromatic heterocycles. The van der Waals surface area contributed by atoms with E-state index in [0.717, 1.165) is 53.6 Å². The van der Waals surface area contributed by atoms with Gasteiger partial charge in [-0.25, -0.2) is 0 Å². The first kappa shape index (κ1) is 9.67. The maximum Gasteiger partial charge on any atom is 0.0120 e.